The molecule has 0 saturated carbocycles. The predicted octanol–water partition coefficient (Wildman–Crippen LogP) is 2.72. The Morgan fingerprint density at radius 3 is 2.57 bits per heavy atom. The van der Waals surface area contributed by atoms with E-state index in [0.717, 1.165) is 17.8 Å². The highest BCUT2D eigenvalue weighted by Crippen LogP contribution is 2.22. The van der Waals surface area contributed by atoms with Gasteiger partial charge in [0, 0.05) is 4.47 Å². The summed E-state index contributed by atoms with van der Waals surface area (Å²) in [5, 5.41) is 20.3. The normalized spacial score (nSPS) is 10.4. The van der Waals surface area contributed by atoms with Crippen molar-refractivity contribution in [1.82, 2.24) is 15.2 Å². The molecule has 1 aromatic carbocycles. The number of amides is 1. The van der Waals surface area contributed by atoms with Gasteiger partial charge in [0.05, 0.1) is 17.0 Å². The highest BCUT2D eigenvalue weighted by Gasteiger charge is 2.14. The van der Waals surface area contributed by atoms with Gasteiger partial charge in [0.1, 0.15) is 5.75 Å². The fraction of sp³-hybridized carbons (Fsp3) is 0.286. The maximum atomic E-state index is 12.1. The van der Waals surface area contributed by atoms with Crippen LogP contribution >= 0.6 is 15.9 Å². The molecule has 21 heavy (non-hydrogen) atoms. The Hall–Kier alpha value is -2.02. The maximum absolute atomic E-state index is 12.1. The van der Waals surface area contributed by atoms with Crippen LogP contribution in [0.25, 0.3) is 0 Å². The molecule has 110 valence electrons. The summed E-state index contributed by atoms with van der Waals surface area (Å²) in [5.74, 6) is -0.458. The molecule has 0 radical (unpaired) electrons. The van der Waals surface area contributed by atoms with E-state index in [0.29, 0.717) is 10.9 Å². The zero-order valence-corrected chi connectivity index (χ0v) is 13.3. The van der Waals surface area contributed by atoms with Gasteiger partial charge in [0.25, 0.3) is 5.91 Å². The minimum Gasteiger partial charge on any atom is -0.507 e. The molecule has 0 unspecified atom stereocenters. The van der Waals surface area contributed by atoms with Gasteiger partial charge in [-0.15, -0.1) is 10.2 Å². The molecule has 1 amide bonds. The number of halogens is 1. The number of benzene rings is 1. The van der Waals surface area contributed by atoms with E-state index in [9.17, 15) is 9.90 Å². The lowest BCUT2D eigenvalue weighted by Crippen LogP contribution is -2.16. The zero-order valence-electron chi connectivity index (χ0n) is 11.7. The summed E-state index contributed by atoms with van der Waals surface area (Å²) in [6.07, 6.45) is 1.45. The van der Waals surface area contributed by atoms with Gasteiger partial charge in [-0.05, 0) is 31.0 Å². The van der Waals surface area contributed by atoms with E-state index in [2.05, 4.69) is 36.4 Å². The predicted molar refractivity (Wildman–Crippen MR) is 82.3 cm³/mol. The van der Waals surface area contributed by atoms with E-state index in [-0.39, 0.29) is 17.3 Å². The molecule has 1 heterocycles. The number of nitrogens with zero attached hydrogens (tertiary/aromatic N) is 3. The number of phenolic OH excluding ortho intramolecular Hbond substituents is 1. The second-order valence-electron chi connectivity index (χ2n) is 4.35. The van der Waals surface area contributed by atoms with Crippen molar-refractivity contribution in [2.24, 2.45) is 0 Å². The average Bonchev–Trinajstić information content (AvgIpc) is 2.46. The van der Waals surface area contributed by atoms with E-state index < -0.39 is 5.91 Å². The lowest BCUT2D eigenvalue weighted by molar-refractivity contribution is 0.102. The van der Waals surface area contributed by atoms with Crippen LogP contribution in [0.15, 0.2) is 22.7 Å². The molecular weight excluding hydrogens is 336 g/mol. The van der Waals surface area contributed by atoms with Crippen molar-refractivity contribution in [3.8, 4) is 5.75 Å². The summed E-state index contributed by atoms with van der Waals surface area (Å²) in [6, 6.07) is 4.64. The van der Waals surface area contributed by atoms with Crippen molar-refractivity contribution in [1.29, 1.82) is 0 Å². The van der Waals surface area contributed by atoms with Crippen molar-refractivity contribution in [2.45, 2.75) is 26.7 Å². The molecule has 0 aliphatic rings. The minimum absolute atomic E-state index is 0.115. The number of nitrogens with one attached hydrogen (secondary N) is 1. The Labute approximate surface area is 130 Å². The number of aryl methyl sites for hydroxylation is 2. The van der Waals surface area contributed by atoms with Crippen LogP contribution in [-0.2, 0) is 12.8 Å². The van der Waals surface area contributed by atoms with E-state index in [1.165, 1.54) is 12.1 Å². The van der Waals surface area contributed by atoms with Gasteiger partial charge < -0.3 is 5.11 Å². The third kappa shape index (κ3) is 3.55. The first-order chi connectivity index (χ1) is 10.0. The third-order valence-corrected chi connectivity index (χ3v) is 3.43. The average molecular weight is 351 g/mol. The summed E-state index contributed by atoms with van der Waals surface area (Å²) < 4.78 is 0.690. The first-order valence-corrected chi connectivity index (χ1v) is 7.36. The highest BCUT2D eigenvalue weighted by molar-refractivity contribution is 9.10. The van der Waals surface area contributed by atoms with Gasteiger partial charge in [0.15, 0.2) is 0 Å². The van der Waals surface area contributed by atoms with Gasteiger partial charge in [-0.1, -0.05) is 29.8 Å². The Balaban J connectivity index is 2.23. The van der Waals surface area contributed by atoms with E-state index in [1.54, 1.807) is 6.07 Å². The molecule has 0 saturated heterocycles. The van der Waals surface area contributed by atoms with Crippen LogP contribution < -0.4 is 5.32 Å². The smallest absolute Gasteiger partial charge is 0.261 e. The van der Waals surface area contributed by atoms with Crippen molar-refractivity contribution in [3.63, 3.8) is 0 Å². The Morgan fingerprint density at radius 2 is 1.95 bits per heavy atom. The van der Waals surface area contributed by atoms with Crippen LogP contribution in [-0.4, -0.2) is 26.2 Å². The van der Waals surface area contributed by atoms with Crippen molar-refractivity contribution < 1.29 is 9.90 Å². The summed E-state index contributed by atoms with van der Waals surface area (Å²) >= 11 is 3.22. The Bertz CT molecular complexity index is 676. The molecule has 0 aliphatic carbocycles. The van der Waals surface area contributed by atoms with Crippen molar-refractivity contribution in [3.05, 3.63) is 39.6 Å². The fourth-order valence-corrected chi connectivity index (χ4v) is 2.21. The van der Waals surface area contributed by atoms with E-state index >= 15 is 0 Å². The van der Waals surface area contributed by atoms with Crippen LogP contribution in [0.5, 0.6) is 5.75 Å². The largest absolute Gasteiger partial charge is 0.507 e. The van der Waals surface area contributed by atoms with Gasteiger partial charge >= 0.3 is 0 Å². The van der Waals surface area contributed by atoms with Gasteiger partial charge in [-0.3, -0.25) is 10.1 Å². The molecular formula is C14H15BrN4O2. The molecule has 1 aromatic heterocycles. The summed E-state index contributed by atoms with van der Waals surface area (Å²) in [7, 11) is 0. The Kier molecular flexibility index (Phi) is 4.85. The first-order valence-electron chi connectivity index (χ1n) is 6.57. The van der Waals surface area contributed by atoms with Crippen LogP contribution in [0, 0.1) is 0 Å². The summed E-state index contributed by atoms with van der Waals surface area (Å²) in [5.41, 5.74) is 1.78. The fourth-order valence-electron chi connectivity index (χ4n) is 1.86. The van der Waals surface area contributed by atoms with E-state index in [4.69, 9.17) is 0 Å². The standard InChI is InChI=1S/C14H15BrN4O2/c1-3-10-11(4-2)18-19-14(16-10)17-13(21)9-6-5-8(15)7-12(9)20/h5-7,20H,3-4H2,1-2H3,(H,16,17,19,21). The lowest BCUT2D eigenvalue weighted by Gasteiger charge is -2.08. The molecule has 6 nitrogen and oxygen atoms in total. The van der Waals surface area contributed by atoms with Crippen LogP contribution in [0.4, 0.5) is 5.95 Å². The molecule has 2 rings (SSSR count). The second kappa shape index (κ2) is 6.62. The van der Waals surface area contributed by atoms with Crippen molar-refractivity contribution in [2.75, 3.05) is 5.32 Å². The lowest BCUT2D eigenvalue weighted by atomic mass is 10.2. The summed E-state index contributed by atoms with van der Waals surface area (Å²) in [4.78, 5) is 16.4. The zero-order chi connectivity index (χ0) is 15.4. The second-order valence-corrected chi connectivity index (χ2v) is 5.27. The number of aromatic nitrogens is 3. The van der Waals surface area contributed by atoms with Crippen LogP contribution in [0.2, 0.25) is 0 Å². The van der Waals surface area contributed by atoms with Crippen LogP contribution in [0.1, 0.15) is 35.6 Å². The first kappa shape index (κ1) is 15.4. The topological polar surface area (TPSA) is 88.0 Å². The molecule has 2 N–H and O–H groups in total. The summed E-state index contributed by atoms with van der Waals surface area (Å²) in [6.45, 7) is 3.94. The SMILES string of the molecule is CCc1nnc(NC(=O)c2ccc(Br)cc2O)nc1CC. The quantitative estimate of drug-likeness (QED) is 0.884. The monoisotopic (exact) mass is 350 g/mol. The maximum Gasteiger partial charge on any atom is 0.261 e. The van der Waals surface area contributed by atoms with Crippen LogP contribution in [0.3, 0.4) is 0 Å². The van der Waals surface area contributed by atoms with Gasteiger partial charge in [-0.2, -0.15) is 0 Å². The molecule has 0 bridgehead atoms. The molecule has 0 fully saturated rings. The number of anilines is 1. The number of carbonyl (C=O) groups is 1. The molecule has 7 heteroatoms. The van der Waals surface area contributed by atoms with Gasteiger partial charge in [0.2, 0.25) is 5.95 Å². The molecule has 0 spiro atoms. The van der Waals surface area contributed by atoms with E-state index in [1.807, 2.05) is 13.8 Å². The highest BCUT2D eigenvalue weighted by atomic mass is 79.9. The molecule has 0 atom stereocenters. The number of hydrogen-bond acceptors (Lipinski definition) is 5. The number of hydrogen-bond donors (Lipinski definition) is 2. The Morgan fingerprint density at radius 1 is 1.24 bits per heavy atom. The van der Waals surface area contributed by atoms with Gasteiger partial charge in [-0.25, -0.2) is 4.98 Å². The van der Waals surface area contributed by atoms with Crippen molar-refractivity contribution >= 4 is 27.8 Å². The minimum atomic E-state index is -0.479. The number of rotatable bonds is 4. The number of aromatic hydroxyl groups is 1. The molecule has 2 aromatic rings. The number of phenols is 1. The third-order valence-electron chi connectivity index (χ3n) is 2.94. The molecule has 0 aliphatic heterocycles. The number of carbonyl (C=O) groups excluding carboxylic acids is 1.